The lowest BCUT2D eigenvalue weighted by molar-refractivity contribution is -0.169. The predicted octanol–water partition coefficient (Wildman–Crippen LogP) is 2.53. The summed E-state index contributed by atoms with van der Waals surface area (Å²) in [7, 11) is 0. The van der Waals surface area contributed by atoms with Crippen LogP contribution in [0.3, 0.4) is 0 Å². The van der Waals surface area contributed by atoms with Crippen molar-refractivity contribution in [3.05, 3.63) is 29.3 Å². The van der Waals surface area contributed by atoms with Gasteiger partial charge in [0.05, 0.1) is 21.9 Å². The summed E-state index contributed by atoms with van der Waals surface area (Å²) in [4.78, 5) is 17.5. The Hall–Kier alpha value is -1.50. The smallest absolute Gasteiger partial charge is 0.329 e. The molecule has 1 N–H and O–H groups in total. The predicted molar refractivity (Wildman–Crippen MR) is 81.6 cm³/mol. The van der Waals surface area contributed by atoms with Crippen molar-refractivity contribution >= 4 is 27.5 Å². The zero-order valence-electron chi connectivity index (χ0n) is 12.1. The van der Waals surface area contributed by atoms with Crippen molar-refractivity contribution in [3.63, 3.8) is 0 Å². The number of nitrogens with zero attached hydrogens (tertiary/aromatic N) is 2. The van der Waals surface area contributed by atoms with Crippen molar-refractivity contribution in [1.82, 2.24) is 9.88 Å². The summed E-state index contributed by atoms with van der Waals surface area (Å²) >= 11 is 1.71. The number of para-hydroxylation sites is 1. The molecule has 1 fully saturated rings. The lowest BCUT2D eigenvalue weighted by Crippen LogP contribution is -2.62. The fraction of sp³-hybridized carbons (Fsp3) is 0.467. The molecular formula is C15H18N2O3S. The number of carboxylic acid groups (broad SMARTS) is 1. The van der Waals surface area contributed by atoms with Gasteiger partial charge in [0.1, 0.15) is 11.6 Å². The molecule has 1 aromatic carbocycles. The van der Waals surface area contributed by atoms with E-state index in [-0.39, 0.29) is 18.2 Å². The van der Waals surface area contributed by atoms with Crippen LogP contribution in [0.4, 0.5) is 0 Å². The monoisotopic (exact) mass is 306 g/mol. The van der Waals surface area contributed by atoms with Gasteiger partial charge in [-0.15, -0.1) is 11.3 Å². The van der Waals surface area contributed by atoms with Gasteiger partial charge in [-0.3, -0.25) is 4.90 Å². The zero-order chi connectivity index (χ0) is 15.0. The van der Waals surface area contributed by atoms with E-state index in [2.05, 4.69) is 22.9 Å². The van der Waals surface area contributed by atoms with Crippen molar-refractivity contribution in [3.8, 4) is 0 Å². The van der Waals surface area contributed by atoms with Crippen molar-refractivity contribution in [1.29, 1.82) is 0 Å². The summed E-state index contributed by atoms with van der Waals surface area (Å²) in [5.74, 6) is -0.922. The summed E-state index contributed by atoms with van der Waals surface area (Å²) < 4.78 is 6.64. The molecule has 3 rings (SSSR count). The quantitative estimate of drug-likeness (QED) is 0.919. The Morgan fingerprint density at radius 3 is 2.90 bits per heavy atom. The lowest BCUT2D eigenvalue weighted by Gasteiger charge is -2.49. The number of ether oxygens (including phenoxy) is 1. The molecule has 1 unspecified atom stereocenters. The summed E-state index contributed by atoms with van der Waals surface area (Å²) in [6, 6.07) is 8.35. The lowest BCUT2D eigenvalue weighted by atomic mass is 9.94. The standard InChI is InChI=1S/C15H18N2O3S/c1-10(14-16-11-5-3-4-6-12(11)21-14)17-8-15(2,9-17)20-7-13(18)19/h3-6,10H,7-9H2,1-2H3,(H,18,19). The maximum Gasteiger partial charge on any atom is 0.329 e. The maximum absolute atomic E-state index is 10.6. The molecule has 1 atom stereocenters. The minimum atomic E-state index is -0.922. The average molecular weight is 306 g/mol. The van der Waals surface area contributed by atoms with Gasteiger partial charge in [-0.1, -0.05) is 12.1 Å². The van der Waals surface area contributed by atoms with Gasteiger partial charge in [-0.25, -0.2) is 9.78 Å². The number of aromatic nitrogens is 1. The zero-order valence-corrected chi connectivity index (χ0v) is 12.9. The first-order chi connectivity index (χ1) is 9.97. The highest BCUT2D eigenvalue weighted by molar-refractivity contribution is 7.18. The Morgan fingerprint density at radius 2 is 2.24 bits per heavy atom. The maximum atomic E-state index is 10.6. The Kier molecular flexibility index (Phi) is 3.69. The third-order valence-electron chi connectivity index (χ3n) is 3.83. The van der Waals surface area contributed by atoms with Crippen molar-refractivity contribution < 1.29 is 14.6 Å². The topological polar surface area (TPSA) is 62.7 Å². The number of carboxylic acids is 1. The van der Waals surface area contributed by atoms with E-state index < -0.39 is 5.97 Å². The minimum absolute atomic E-state index is 0.226. The highest BCUT2D eigenvalue weighted by Crippen LogP contribution is 2.35. The number of carbonyl (C=O) groups is 1. The second-order valence-electron chi connectivity index (χ2n) is 5.73. The van der Waals surface area contributed by atoms with Gasteiger partial charge >= 0.3 is 5.97 Å². The van der Waals surface area contributed by atoms with Crippen LogP contribution in [0.1, 0.15) is 24.9 Å². The van der Waals surface area contributed by atoms with Crippen LogP contribution in [0.15, 0.2) is 24.3 Å². The summed E-state index contributed by atoms with van der Waals surface area (Å²) in [5, 5.41) is 9.78. The van der Waals surface area contributed by atoms with Crippen LogP contribution in [0.2, 0.25) is 0 Å². The van der Waals surface area contributed by atoms with Gasteiger partial charge < -0.3 is 9.84 Å². The third kappa shape index (κ3) is 2.92. The van der Waals surface area contributed by atoms with E-state index in [4.69, 9.17) is 9.84 Å². The number of hydrogen-bond donors (Lipinski definition) is 1. The van der Waals surface area contributed by atoms with E-state index in [1.807, 2.05) is 25.1 Å². The van der Waals surface area contributed by atoms with Crippen molar-refractivity contribution in [2.24, 2.45) is 0 Å². The number of hydrogen-bond acceptors (Lipinski definition) is 5. The van der Waals surface area contributed by atoms with E-state index >= 15 is 0 Å². The Balaban J connectivity index is 1.65. The van der Waals surface area contributed by atoms with Gasteiger partial charge in [0, 0.05) is 13.1 Å². The van der Waals surface area contributed by atoms with Gasteiger partial charge in [0.2, 0.25) is 0 Å². The molecule has 0 saturated carbocycles. The van der Waals surface area contributed by atoms with E-state index in [1.165, 1.54) is 4.70 Å². The SMILES string of the molecule is CC(c1nc2ccccc2s1)N1CC(C)(OCC(=O)O)C1. The molecule has 1 aromatic heterocycles. The van der Waals surface area contributed by atoms with E-state index in [0.717, 1.165) is 23.6 Å². The van der Waals surface area contributed by atoms with Crippen LogP contribution in [-0.2, 0) is 9.53 Å². The first-order valence-corrected chi connectivity index (χ1v) is 7.74. The molecule has 2 aromatic rings. The summed E-state index contributed by atoms with van der Waals surface area (Å²) in [5.41, 5.74) is 0.679. The highest BCUT2D eigenvalue weighted by Gasteiger charge is 2.43. The van der Waals surface area contributed by atoms with Crippen LogP contribution in [0, 0.1) is 0 Å². The highest BCUT2D eigenvalue weighted by atomic mass is 32.1. The molecule has 2 heterocycles. The van der Waals surface area contributed by atoms with E-state index in [0.29, 0.717) is 0 Å². The van der Waals surface area contributed by atoms with Crippen LogP contribution in [0.5, 0.6) is 0 Å². The Labute approximate surface area is 127 Å². The molecule has 0 spiro atoms. The number of aliphatic carboxylic acids is 1. The fourth-order valence-corrected chi connectivity index (χ4v) is 3.69. The third-order valence-corrected chi connectivity index (χ3v) is 5.04. The van der Waals surface area contributed by atoms with Crippen LogP contribution < -0.4 is 0 Å². The Morgan fingerprint density at radius 1 is 1.52 bits per heavy atom. The molecule has 112 valence electrons. The molecule has 0 amide bonds. The first kappa shape index (κ1) is 14.4. The summed E-state index contributed by atoms with van der Waals surface area (Å²) in [6.45, 7) is 5.32. The van der Waals surface area contributed by atoms with Crippen LogP contribution in [-0.4, -0.2) is 46.3 Å². The van der Waals surface area contributed by atoms with Gasteiger partial charge in [0.25, 0.3) is 0 Å². The molecule has 1 aliphatic rings. The van der Waals surface area contributed by atoms with Crippen molar-refractivity contribution in [2.45, 2.75) is 25.5 Å². The van der Waals surface area contributed by atoms with Gasteiger partial charge in [-0.2, -0.15) is 0 Å². The molecule has 1 saturated heterocycles. The van der Waals surface area contributed by atoms with E-state index in [1.54, 1.807) is 11.3 Å². The van der Waals surface area contributed by atoms with E-state index in [9.17, 15) is 4.79 Å². The number of likely N-dealkylation sites (tertiary alicyclic amines) is 1. The molecule has 5 nitrogen and oxygen atoms in total. The molecule has 6 heteroatoms. The largest absolute Gasteiger partial charge is 0.480 e. The second kappa shape index (κ2) is 5.36. The second-order valence-corrected chi connectivity index (χ2v) is 6.80. The molecule has 1 aliphatic heterocycles. The molecule has 0 bridgehead atoms. The normalized spacial score (nSPS) is 19.3. The number of rotatable bonds is 5. The van der Waals surface area contributed by atoms with Crippen molar-refractivity contribution in [2.75, 3.05) is 19.7 Å². The summed E-state index contributed by atoms with van der Waals surface area (Å²) in [6.07, 6.45) is 0. The van der Waals surface area contributed by atoms with Crippen LogP contribution >= 0.6 is 11.3 Å². The number of fused-ring (bicyclic) bond motifs is 1. The van der Waals surface area contributed by atoms with Gasteiger partial charge in [0.15, 0.2) is 0 Å². The number of thiazole rings is 1. The fourth-order valence-electron chi connectivity index (χ4n) is 2.64. The number of benzene rings is 1. The average Bonchev–Trinajstić information content (AvgIpc) is 2.85. The molecule has 0 aliphatic carbocycles. The van der Waals surface area contributed by atoms with Gasteiger partial charge in [-0.05, 0) is 26.0 Å². The first-order valence-electron chi connectivity index (χ1n) is 6.92. The van der Waals surface area contributed by atoms with Crippen LogP contribution in [0.25, 0.3) is 10.2 Å². The molecule has 21 heavy (non-hydrogen) atoms. The molecular weight excluding hydrogens is 288 g/mol. The minimum Gasteiger partial charge on any atom is -0.480 e. The molecule has 0 radical (unpaired) electrons. The Bertz CT molecular complexity index is 631.